The standard InChI is InChI=1S/C19H27N5O3S/c1-2-13-28(26,27)24-10-7-18(8-11-24)22-19(25)21-17-5-3-16(4-6-17)14-23-12-9-20-15-23/h3-6,9,12,15,18H,2,7-8,10-11,13-14H2,1H3,(H2,21,22,25). The number of imidazole rings is 1. The van der Waals surface area contributed by atoms with Gasteiger partial charge in [0.2, 0.25) is 10.0 Å². The first kappa shape index (κ1) is 20.3. The maximum atomic E-state index is 12.2. The van der Waals surface area contributed by atoms with Gasteiger partial charge in [0.05, 0.1) is 12.1 Å². The average Bonchev–Trinajstić information content (AvgIpc) is 3.17. The summed E-state index contributed by atoms with van der Waals surface area (Å²) in [5.74, 6) is 0.183. The lowest BCUT2D eigenvalue weighted by atomic mass is 10.1. The van der Waals surface area contributed by atoms with Gasteiger partial charge in [0.15, 0.2) is 0 Å². The van der Waals surface area contributed by atoms with E-state index in [1.54, 1.807) is 12.5 Å². The fraction of sp³-hybridized carbons (Fsp3) is 0.474. The molecule has 0 unspecified atom stereocenters. The van der Waals surface area contributed by atoms with Gasteiger partial charge in [-0.15, -0.1) is 0 Å². The van der Waals surface area contributed by atoms with E-state index in [0.29, 0.717) is 32.4 Å². The van der Waals surface area contributed by atoms with Crippen molar-refractivity contribution >= 4 is 21.7 Å². The molecule has 0 saturated carbocycles. The molecule has 1 aromatic carbocycles. The van der Waals surface area contributed by atoms with Crippen LogP contribution in [0.25, 0.3) is 0 Å². The molecule has 1 fully saturated rings. The van der Waals surface area contributed by atoms with Gasteiger partial charge in [-0.2, -0.15) is 0 Å². The zero-order valence-corrected chi connectivity index (χ0v) is 16.9. The van der Waals surface area contributed by atoms with Gasteiger partial charge in [-0.05, 0) is 37.0 Å². The molecule has 0 spiro atoms. The van der Waals surface area contributed by atoms with Gasteiger partial charge < -0.3 is 15.2 Å². The Hall–Kier alpha value is -2.39. The summed E-state index contributed by atoms with van der Waals surface area (Å²) >= 11 is 0. The van der Waals surface area contributed by atoms with Crippen LogP contribution in [-0.4, -0.2) is 53.2 Å². The molecule has 152 valence electrons. The van der Waals surface area contributed by atoms with Gasteiger partial charge in [0.1, 0.15) is 0 Å². The van der Waals surface area contributed by atoms with Crippen molar-refractivity contribution in [3.8, 4) is 0 Å². The fourth-order valence-corrected chi connectivity index (χ4v) is 4.84. The maximum Gasteiger partial charge on any atom is 0.319 e. The summed E-state index contributed by atoms with van der Waals surface area (Å²) in [6.45, 7) is 3.50. The van der Waals surface area contributed by atoms with E-state index in [2.05, 4.69) is 15.6 Å². The number of rotatable bonds is 7. The van der Waals surface area contributed by atoms with E-state index < -0.39 is 10.0 Å². The molecule has 9 heteroatoms. The first-order valence-electron chi connectivity index (χ1n) is 9.56. The minimum Gasteiger partial charge on any atom is -0.335 e. The van der Waals surface area contributed by atoms with Crippen molar-refractivity contribution in [1.82, 2.24) is 19.2 Å². The SMILES string of the molecule is CCCS(=O)(=O)N1CCC(NC(=O)Nc2ccc(Cn3ccnc3)cc2)CC1. The number of carbonyl (C=O) groups excluding carboxylic acids is 1. The van der Waals surface area contributed by atoms with Crippen molar-refractivity contribution in [1.29, 1.82) is 0 Å². The first-order chi connectivity index (χ1) is 13.5. The molecule has 0 bridgehead atoms. The van der Waals surface area contributed by atoms with Crippen LogP contribution in [0.3, 0.4) is 0 Å². The molecule has 1 aliphatic rings. The second-order valence-electron chi connectivity index (χ2n) is 7.02. The lowest BCUT2D eigenvalue weighted by Crippen LogP contribution is -2.47. The highest BCUT2D eigenvalue weighted by Gasteiger charge is 2.27. The minimum atomic E-state index is -3.16. The number of benzene rings is 1. The lowest BCUT2D eigenvalue weighted by Gasteiger charge is -2.31. The van der Waals surface area contributed by atoms with Crippen LogP contribution in [0, 0.1) is 0 Å². The lowest BCUT2D eigenvalue weighted by molar-refractivity contribution is 0.238. The molecule has 3 rings (SSSR count). The van der Waals surface area contributed by atoms with Crippen LogP contribution in [0.1, 0.15) is 31.7 Å². The molecular formula is C19H27N5O3S. The Morgan fingerprint density at radius 1 is 1.21 bits per heavy atom. The van der Waals surface area contributed by atoms with E-state index in [1.165, 1.54) is 4.31 Å². The van der Waals surface area contributed by atoms with Crippen LogP contribution in [0.15, 0.2) is 43.0 Å². The van der Waals surface area contributed by atoms with E-state index >= 15 is 0 Å². The first-order valence-corrected chi connectivity index (χ1v) is 11.2. The summed E-state index contributed by atoms with van der Waals surface area (Å²) < 4.78 is 27.7. The molecule has 1 aromatic heterocycles. The second-order valence-corrected chi connectivity index (χ2v) is 9.11. The predicted octanol–water partition coefficient (Wildman–Crippen LogP) is 2.26. The zero-order valence-electron chi connectivity index (χ0n) is 16.0. The van der Waals surface area contributed by atoms with E-state index in [1.807, 2.05) is 42.0 Å². The number of anilines is 1. The number of sulfonamides is 1. The number of hydrogen-bond acceptors (Lipinski definition) is 4. The molecule has 8 nitrogen and oxygen atoms in total. The van der Waals surface area contributed by atoms with Gasteiger partial charge in [0, 0.05) is 43.8 Å². The largest absolute Gasteiger partial charge is 0.335 e. The van der Waals surface area contributed by atoms with E-state index in [-0.39, 0.29) is 17.8 Å². The number of amides is 2. The topological polar surface area (TPSA) is 96.3 Å². The van der Waals surface area contributed by atoms with Crippen LogP contribution in [0.4, 0.5) is 10.5 Å². The number of urea groups is 1. The van der Waals surface area contributed by atoms with Crippen molar-refractivity contribution in [3.63, 3.8) is 0 Å². The molecule has 0 radical (unpaired) electrons. The highest BCUT2D eigenvalue weighted by molar-refractivity contribution is 7.89. The Bertz CT molecular complexity index is 857. The Balaban J connectivity index is 1.44. The maximum absolute atomic E-state index is 12.2. The molecular weight excluding hydrogens is 378 g/mol. The van der Waals surface area contributed by atoms with E-state index in [0.717, 1.165) is 17.8 Å². The smallest absolute Gasteiger partial charge is 0.319 e. The van der Waals surface area contributed by atoms with Gasteiger partial charge in [-0.1, -0.05) is 19.1 Å². The molecule has 2 amide bonds. The summed E-state index contributed by atoms with van der Waals surface area (Å²) in [5.41, 5.74) is 1.83. The highest BCUT2D eigenvalue weighted by atomic mass is 32.2. The second kappa shape index (κ2) is 9.20. The molecule has 1 saturated heterocycles. The number of aromatic nitrogens is 2. The van der Waals surface area contributed by atoms with E-state index in [9.17, 15) is 13.2 Å². The Morgan fingerprint density at radius 3 is 2.54 bits per heavy atom. The molecule has 1 aliphatic heterocycles. The van der Waals surface area contributed by atoms with Crippen LogP contribution in [0.5, 0.6) is 0 Å². The predicted molar refractivity (Wildman–Crippen MR) is 109 cm³/mol. The van der Waals surface area contributed by atoms with Gasteiger partial charge in [-0.3, -0.25) is 0 Å². The average molecular weight is 406 g/mol. The van der Waals surface area contributed by atoms with Crippen molar-refractivity contribution in [2.24, 2.45) is 0 Å². The van der Waals surface area contributed by atoms with Crippen molar-refractivity contribution in [2.75, 3.05) is 24.2 Å². The quantitative estimate of drug-likeness (QED) is 0.738. The van der Waals surface area contributed by atoms with Gasteiger partial charge >= 0.3 is 6.03 Å². The summed E-state index contributed by atoms with van der Waals surface area (Å²) in [5, 5.41) is 5.77. The summed E-state index contributed by atoms with van der Waals surface area (Å²) in [7, 11) is -3.16. The number of piperidine rings is 1. The molecule has 2 heterocycles. The normalized spacial score (nSPS) is 16.0. The Morgan fingerprint density at radius 2 is 1.93 bits per heavy atom. The fourth-order valence-electron chi connectivity index (χ4n) is 3.30. The number of hydrogen-bond donors (Lipinski definition) is 2. The monoisotopic (exact) mass is 405 g/mol. The summed E-state index contributed by atoms with van der Waals surface area (Å²) in [4.78, 5) is 16.3. The van der Waals surface area contributed by atoms with Gasteiger partial charge in [0.25, 0.3) is 0 Å². The van der Waals surface area contributed by atoms with Crippen molar-refractivity contribution in [2.45, 2.75) is 38.8 Å². The van der Waals surface area contributed by atoms with Crippen LogP contribution in [0.2, 0.25) is 0 Å². The molecule has 28 heavy (non-hydrogen) atoms. The summed E-state index contributed by atoms with van der Waals surface area (Å²) in [6.07, 6.45) is 7.27. The Kier molecular flexibility index (Phi) is 6.69. The third-order valence-corrected chi connectivity index (χ3v) is 6.86. The number of carbonyl (C=O) groups is 1. The molecule has 2 aromatic rings. The minimum absolute atomic E-state index is 0.0198. The number of nitrogens with one attached hydrogen (secondary N) is 2. The third kappa shape index (κ3) is 5.56. The number of nitrogens with zero attached hydrogens (tertiary/aromatic N) is 3. The van der Waals surface area contributed by atoms with E-state index in [4.69, 9.17) is 0 Å². The zero-order chi connectivity index (χ0) is 20.0. The van der Waals surface area contributed by atoms with Crippen LogP contribution < -0.4 is 10.6 Å². The highest BCUT2D eigenvalue weighted by Crippen LogP contribution is 2.16. The van der Waals surface area contributed by atoms with Crippen molar-refractivity contribution in [3.05, 3.63) is 48.5 Å². The van der Waals surface area contributed by atoms with Gasteiger partial charge in [-0.25, -0.2) is 22.5 Å². The Labute approximate surface area is 166 Å². The molecule has 2 N–H and O–H groups in total. The van der Waals surface area contributed by atoms with Crippen LogP contribution in [-0.2, 0) is 16.6 Å². The van der Waals surface area contributed by atoms with Crippen molar-refractivity contribution < 1.29 is 13.2 Å². The molecule has 0 atom stereocenters. The molecule has 0 aliphatic carbocycles. The third-order valence-electron chi connectivity index (χ3n) is 4.78. The van der Waals surface area contributed by atoms with Crippen LogP contribution >= 0.6 is 0 Å². The summed E-state index contributed by atoms with van der Waals surface area (Å²) in [6, 6.07) is 7.38.